The van der Waals surface area contributed by atoms with Gasteiger partial charge in [0.05, 0.1) is 5.56 Å². The number of fused-ring (bicyclic) bond motifs is 1. The van der Waals surface area contributed by atoms with Crippen LogP contribution < -0.4 is 10.6 Å². The number of thiophene rings is 1. The van der Waals surface area contributed by atoms with Crippen LogP contribution in [0.15, 0.2) is 24.3 Å². The van der Waals surface area contributed by atoms with E-state index in [4.69, 9.17) is 0 Å². The average Bonchev–Trinajstić information content (AvgIpc) is 2.84. The third-order valence-electron chi connectivity index (χ3n) is 3.37. The molecule has 1 amide bonds. The topological polar surface area (TPSA) is 64.9 Å². The van der Waals surface area contributed by atoms with Crippen molar-refractivity contribution in [2.24, 2.45) is 0 Å². The first-order chi connectivity index (χ1) is 10.2. The van der Waals surface area contributed by atoms with Gasteiger partial charge in [-0.1, -0.05) is 0 Å². The van der Waals surface area contributed by atoms with Crippen molar-refractivity contribution in [2.45, 2.75) is 13.0 Å². The van der Waals surface area contributed by atoms with E-state index >= 15 is 0 Å². The van der Waals surface area contributed by atoms with Gasteiger partial charge in [-0.05, 0) is 65.4 Å². The molecule has 1 aliphatic heterocycles. The third-order valence-corrected chi connectivity index (χ3v) is 5.24. The highest BCUT2D eigenvalue weighted by molar-refractivity contribution is 14.1. The molecule has 2 heterocycles. The van der Waals surface area contributed by atoms with E-state index in [1.807, 2.05) is 12.1 Å². The van der Waals surface area contributed by atoms with Crippen LogP contribution in [0.4, 0.5) is 5.00 Å². The molecule has 0 saturated carbocycles. The molecule has 21 heavy (non-hydrogen) atoms. The molecule has 0 aliphatic carbocycles. The summed E-state index contributed by atoms with van der Waals surface area (Å²) in [6.07, 6.45) is 0.841. The zero-order valence-corrected chi connectivity index (χ0v) is 14.0. The van der Waals surface area contributed by atoms with Gasteiger partial charge in [-0.15, -0.1) is 11.3 Å². The molecule has 0 atom stereocenters. The minimum atomic E-state index is -0.172. The number of amides is 1. The van der Waals surface area contributed by atoms with E-state index in [1.54, 1.807) is 12.1 Å². The summed E-state index contributed by atoms with van der Waals surface area (Å²) in [6.45, 7) is 1.65. The molecule has 1 aromatic heterocycles. The number of carbonyl (C=O) groups excluding carboxylic acids is 1. The number of nitriles is 1. The van der Waals surface area contributed by atoms with E-state index in [1.165, 1.54) is 11.3 Å². The fourth-order valence-corrected chi connectivity index (χ4v) is 3.84. The van der Waals surface area contributed by atoms with E-state index in [0.717, 1.165) is 33.5 Å². The van der Waals surface area contributed by atoms with E-state index < -0.39 is 0 Å². The highest BCUT2D eigenvalue weighted by Gasteiger charge is 2.21. The molecule has 0 spiro atoms. The van der Waals surface area contributed by atoms with Crippen LogP contribution in [-0.2, 0) is 13.0 Å². The number of hydrogen-bond donors (Lipinski definition) is 2. The normalized spacial score (nSPS) is 13.3. The SMILES string of the molecule is N#Cc1c(NC(=O)c2ccc(I)cc2)sc2c1CCNC2. The summed E-state index contributed by atoms with van der Waals surface area (Å²) in [7, 11) is 0. The highest BCUT2D eigenvalue weighted by Crippen LogP contribution is 2.35. The van der Waals surface area contributed by atoms with Gasteiger partial charge < -0.3 is 10.6 Å². The first-order valence-corrected chi connectivity index (χ1v) is 8.41. The molecule has 0 radical (unpaired) electrons. The minimum Gasteiger partial charge on any atom is -0.312 e. The van der Waals surface area contributed by atoms with Gasteiger partial charge in [-0.2, -0.15) is 5.26 Å². The van der Waals surface area contributed by atoms with Gasteiger partial charge in [0.15, 0.2) is 0 Å². The van der Waals surface area contributed by atoms with Crippen molar-refractivity contribution in [1.82, 2.24) is 5.32 Å². The van der Waals surface area contributed by atoms with Crippen molar-refractivity contribution in [3.05, 3.63) is 49.4 Å². The predicted molar refractivity (Wildman–Crippen MR) is 91.6 cm³/mol. The monoisotopic (exact) mass is 409 g/mol. The predicted octanol–water partition coefficient (Wildman–Crippen LogP) is 3.12. The Kier molecular flexibility index (Phi) is 4.24. The van der Waals surface area contributed by atoms with E-state index in [9.17, 15) is 10.1 Å². The van der Waals surface area contributed by atoms with Crippen LogP contribution in [0.3, 0.4) is 0 Å². The fraction of sp³-hybridized carbons (Fsp3) is 0.200. The lowest BCUT2D eigenvalue weighted by Crippen LogP contribution is -2.22. The molecule has 6 heteroatoms. The maximum absolute atomic E-state index is 12.3. The van der Waals surface area contributed by atoms with Crippen molar-refractivity contribution in [3.8, 4) is 6.07 Å². The highest BCUT2D eigenvalue weighted by atomic mass is 127. The summed E-state index contributed by atoms with van der Waals surface area (Å²) in [5, 5.41) is 16.2. The second-order valence-electron chi connectivity index (χ2n) is 4.71. The number of halogens is 1. The molecule has 106 valence electrons. The lowest BCUT2D eigenvalue weighted by molar-refractivity contribution is 0.102. The van der Waals surface area contributed by atoms with E-state index in [2.05, 4.69) is 39.3 Å². The largest absolute Gasteiger partial charge is 0.312 e. The number of nitrogens with zero attached hydrogens (tertiary/aromatic N) is 1. The summed E-state index contributed by atoms with van der Waals surface area (Å²) >= 11 is 3.69. The van der Waals surface area contributed by atoms with E-state index in [0.29, 0.717) is 16.1 Å². The Labute approximate surface area is 140 Å². The Hall–Kier alpha value is -1.43. The van der Waals surface area contributed by atoms with Crippen LogP contribution in [0.5, 0.6) is 0 Å². The molecule has 0 bridgehead atoms. The Balaban J connectivity index is 1.88. The fourth-order valence-electron chi connectivity index (χ4n) is 2.32. The summed E-state index contributed by atoms with van der Waals surface area (Å²) in [5.74, 6) is -0.172. The zero-order valence-electron chi connectivity index (χ0n) is 11.1. The van der Waals surface area contributed by atoms with Gasteiger partial charge in [-0.25, -0.2) is 0 Å². The number of carbonyl (C=O) groups is 1. The molecule has 0 saturated heterocycles. The van der Waals surface area contributed by atoms with Gasteiger partial charge in [0, 0.05) is 20.6 Å². The van der Waals surface area contributed by atoms with E-state index in [-0.39, 0.29) is 5.91 Å². The van der Waals surface area contributed by atoms with Crippen LogP contribution in [-0.4, -0.2) is 12.5 Å². The number of hydrogen-bond acceptors (Lipinski definition) is 4. The zero-order chi connectivity index (χ0) is 14.8. The van der Waals surface area contributed by atoms with Crippen LogP contribution in [0.1, 0.15) is 26.4 Å². The number of rotatable bonds is 2. The first-order valence-electron chi connectivity index (χ1n) is 6.51. The standard InChI is InChI=1S/C15H12IN3OS/c16-10-3-1-9(2-4-10)14(20)19-15-12(7-17)11-5-6-18-8-13(11)21-15/h1-4,18H,5-6,8H2,(H,19,20). The Bertz CT molecular complexity index is 731. The maximum Gasteiger partial charge on any atom is 0.256 e. The lowest BCUT2D eigenvalue weighted by atomic mass is 10.0. The summed E-state index contributed by atoms with van der Waals surface area (Å²) in [5.41, 5.74) is 2.30. The Morgan fingerprint density at radius 1 is 1.38 bits per heavy atom. The summed E-state index contributed by atoms with van der Waals surface area (Å²) in [4.78, 5) is 13.4. The number of anilines is 1. The summed E-state index contributed by atoms with van der Waals surface area (Å²) < 4.78 is 1.08. The molecule has 0 unspecified atom stereocenters. The van der Waals surface area contributed by atoms with Gasteiger partial charge in [-0.3, -0.25) is 4.79 Å². The van der Waals surface area contributed by atoms with Crippen LogP contribution >= 0.6 is 33.9 Å². The van der Waals surface area contributed by atoms with Crippen molar-refractivity contribution < 1.29 is 4.79 Å². The van der Waals surface area contributed by atoms with Gasteiger partial charge >= 0.3 is 0 Å². The van der Waals surface area contributed by atoms with Crippen molar-refractivity contribution >= 4 is 44.8 Å². The smallest absolute Gasteiger partial charge is 0.256 e. The molecule has 2 N–H and O–H groups in total. The molecule has 0 fully saturated rings. The first kappa shape index (κ1) is 14.5. The van der Waals surface area contributed by atoms with Crippen molar-refractivity contribution in [1.29, 1.82) is 5.26 Å². The van der Waals surface area contributed by atoms with Crippen LogP contribution in [0, 0.1) is 14.9 Å². The minimum absolute atomic E-state index is 0.172. The Morgan fingerprint density at radius 2 is 2.14 bits per heavy atom. The molecular formula is C15H12IN3OS. The van der Waals surface area contributed by atoms with Crippen molar-refractivity contribution in [2.75, 3.05) is 11.9 Å². The van der Waals surface area contributed by atoms with Crippen molar-refractivity contribution in [3.63, 3.8) is 0 Å². The van der Waals surface area contributed by atoms with Gasteiger partial charge in [0.1, 0.15) is 11.1 Å². The molecule has 3 rings (SSSR count). The number of benzene rings is 1. The molecule has 2 aromatic rings. The lowest BCUT2D eigenvalue weighted by Gasteiger charge is -2.11. The average molecular weight is 409 g/mol. The summed E-state index contributed by atoms with van der Waals surface area (Å²) in [6, 6.07) is 9.60. The molecular weight excluding hydrogens is 397 g/mol. The second-order valence-corrected chi connectivity index (χ2v) is 7.06. The van der Waals surface area contributed by atoms with Gasteiger partial charge in [0.25, 0.3) is 5.91 Å². The van der Waals surface area contributed by atoms with Crippen LogP contribution in [0.25, 0.3) is 0 Å². The Morgan fingerprint density at radius 3 is 2.86 bits per heavy atom. The second kappa shape index (κ2) is 6.13. The maximum atomic E-state index is 12.3. The molecule has 1 aliphatic rings. The number of nitrogens with one attached hydrogen (secondary N) is 2. The molecule has 1 aromatic carbocycles. The molecule has 4 nitrogen and oxygen atoms in total. The third kappa shape index (κ3) is 2.95. The quantitative estimate of drug-likeness (QED) is 0.750. The van der Waals surface area contributed by atoms with Crippen LogP contribution in [0.2, 0.25) is 0 Å². The van der Waals surface area contributed by atoms with Gasteiger partial charge in [0.2, 0.25) is 0 Å².